The number of hydrogen-bond donors (Lipinski definition) is 4. The van der Waals surface area contributed by atoms with E-state index >= 15 is 0 Å². The SMILES string of the molecule is CC[C@@H](/C=C(C)/C=C/C(=O)c1c(O)c(-c2ccc(O)cc2)c2n(c1=O)O[C@@H]1[C@H](O)CC(=O)O[C@@H](C)CCC(=O)[C@@H]21)CO. The number of aliphatic hydroxyl groups is 2. The van der Waals surface area contributed by atoms with Crippen molar-refractivity contribution in [2.24, 2.45) is 5.92 Å². The second-order valence-electron chi connectivity index (χ2n) is 10.7. The minimum absolute atomic E-state index is 0.0503. The number of hydrogen-bond acceptors (Lipinski definition) is 10. The molecular weight excluding hydrogens is 546 g/mol. The van der Waals surface area contributed by atoms with Gasteiger partial charge in [-0.2, -0.15) is 0 Å². The minimum atomic E-state index is -1.55. The predicted molar refractivity (Wildman–Crippen MR) is 151 cm³/mol. The monoisotopic (exact) mass is 581 g/mol. The van der Waals surface area contributed by atoms with E-state index in [2.05, 4.69) is 0 Å². The van der Waals surface area contributed by atoms with Crippen molar-refractivity contribution in [2.75, 3.05) is 6.61 Å². The van der Waals surface area contributed by atoms with Crippen LogP contribution in [-0.4, -0.2) is 67.6 Å². The predicted octanol–water partition coefficient (Wildman–Crippen LogP) is 2.57. The highest BCUT2D eigenvalue weighted by Gasteiger charge is 2.48. The number of aromatic hydroxyl groups is 2. The van der Waals surface area contributed by atoms with Crippen molar-refractivity contribution in [3.63, 3.8) is 0 Å². The number of phenols is 1. The number of carbonyl (C=O) groups excluding carboxylic acids is 3. The standard InChI is InChI=1S/C31H35NO10/c1-4-18(15-33)13-16(2)5-11-22(36)27-29(39)25(19-7-9-20(34)10-8-19)28-26-21(35)12-6-17(3)41-24(38)14-23(37)30(26)42-32(28)31(27)40/h5,7-11,13,17-18,23,26,30,33-34,37,39H,4,6,12,14-15H2,1-3H3/b11-5+,16-13+/t17-,18-,23+,26-,30+/m0/s1. The first-order chi connectivity index (χ1) is 20.0. The summed E-state index contributed by atoms with van der Waals surface area (Å²) in [5.41, 5.74) is -0.858. The van der Waals surface area contributed by atoms with E-state index in [0.29, 0.717) is 12.0 Å². The molecule has 224 valence electrons. The average Bonchev–Trinajstić information content (AvgIpc) is 3.35. The smallest absolute Gasteiger partial charge is 0.308 e. The summed E-state index contributed by atoms with van der Waals surface area (Å²) < 4.78 is 5.99. The van der Waals surface area contributed by atoms with Crippen LogP contribution < -0.4 is 10.4 Å². The first-order valence-electron chi connectivity index (χ1n) is 13.9. The quantitative estimate of drug-likeness (QED) is 0.165. The van der Waals surface area contributed by atoms with E-state index in [9.17, 15) is 39.6 Å². The number of benzene rings is 1. The third-order valence-electron chi connectivity index (χ3n) is 7.59. The fourth-order valence-corrected chi connectivity index (χ4v) is 5.28. The van der Waals surface area contributed by atoms with E-state index in [-0.39, 0.29) is 47.9 Å². The van der Waals surface area contributed by atoms with E-state index in [1.807, 2.05) is 6.92 Å². The van der Waals surface area contributed by atoms with E-state index in [1.54, 1.807) is 19.9 Å². The molecule has 4 rings (SSSR count). The van der Waals surface area contributed by atoms with Gasteiger partial charge in [0.1, 0.15) is 34.9 Å². The zero-order valence-electron chi connectivity index (χ0n) is 23.6. The molecule has 1 fully saturated rings. The number of allylic oxidation sites excluding steroid dienone is 3. The summed E-state index contributed by atoms with van der Waals surface area (Å²) in [6, 6.07) is 5.57. The van der Waals surface area contributed by atoms with Gasteiger partial charge in [0.25, 0.3) is 5.56 Å². The summed E-state index contributed by atoms with van der Waals surface area (Å²) in [4.78, 5) is 58.8. The molecule has 0 bridgehead atoms. The minimum Gasteiger partial charge on any atom is -0.508 e. The molecule has 2 aromatic rings. The highest BCUT2D eigenvalue weighted by atomic mass is 16.7. The Labute approximate surface area is 242 Å². The maximum Gasteiger partial charge on any atom is 0.308 e. The molecule has 0 amide bonds. The molecule has 2 aliphatic rings. The van der Waals surface area contributed by atoms with E-state index in [1.165, 1.54) is 30.3 Å². The van der Waals surface area contributed by atoms with Crippen LogP contribution in [0.15, 0.2) is 52.9 Å². The van der Waals surface area contributed by atoms with Crippen molar-refractivity contribution >= 4 is 17.5 Å². The summed E-state index contributed by atoms with van der Waals surface area (Å²) >= 11 is 0. The van der Waals surface area contributed by atoms with Gasteiger partial charge < -0.3 is 30.0 Å². The van der Waals surface area contributed by atoms with Crippen LogP contribution in [0, 0.1) is 5.92 Å². The van der Waals surface area contributed by atoms with Gasteiger partial charge in [0, 0.05) is 24.5 Å². The molecule has 0 aliphatic carbocycles. The number of aromatic nitrogens is 1. The lowest BCUT2D eigenvalue weighted by molar-refractivity contribution is -0.155. The van der Waals surface area contributed by atoms with Gasteiger partial charge in [-0.1, -0.05) is 36.8 Å². The lowest BCUT2D eigenvalue weighted by Crippen LogP contribution is -2.41. The van der Waals surface area contributed by atoms with Gasteiger partial charge in [-0.3, -0.25) is 19.2 Å². The number of esters is 1. The van der Waals surface area contributed by atoms with E-state index < -0.39 is 65.1 Å². The van der Waals surface area contributed by atoms with Crippen LogP contribution in [0.1, 0.15) is 68.4 Å². The number of phenolic OH excluding ortho intramolecular Hbond substituents is 1. The van der Waals surface area contributed by atoms with Crippen molar-refractivity contribution in [3.8, 4) is 22.6 Å². The Balaban J connectivity index is 1.91. The van der Waals surface area contributed by atoms with Crippen molar-refractivity contribution in [1.82, 2.24) is 4.73 Å². The van der Waals surface area contributed by atoms with Gasteiger partial charge in [-0.15, -0.1) is 4.73 Å². The van der Waals surface area contributed by atoms with Crippen LogP contribution in [0.3, 0.4) is 0 Å². The number of pyridine rings is 1. The highest BCUT2D eigenvalue weighted by molar-refractivity contribution is 6.08. The first-order valence-corrected chi connectivity index (χ1v) is 13.9. The van der Waals surface area contributed by atoms with Gasteiger partial charge in [0.05, 0.1) is 18.2 Å². The Morgan fingerprint density at radius 2 is 1.83 bits per heavy atom. The van der Waals surface area contributed by atoms with Crippen LogP contribution in [0.4, 0.5) is 0 Å². The summed E-state index contributed by atoms with van der Waals surface area (Å²) in [7, 11) is 0. The molecule has 1 aromatic heterocycles. The lowest BCUT2D eigenvalue weighted by atomic mass is 9.83. The molecule has 5 atom stereocenters. The fourth-order valence-electron chi connectivity index (χ4n) is 5.28. The van der Waals surface area contributed by atoms with Gasteiger partial charge in [0.15, 0.2) is 11.9 Å². The summed E-state index contributed by atoms with van der Waals surface area (Å²) in [5, 5.41) is 41.7. The largest absolute Gasteiger partial charge is 0.508 e. The second kappa shape index (κ2) is 12.7. The molecule has 42 heavy (non-hydrogen) atoms. The molecule has 2 aliphatic heterocycles. The maximum absolute atomic E-state index is 13.7. The molecule has 1 saturated heterocycles. The van der Waals surface area contributed by atoms with Crippen LogP contribution in [0.25, 0.3) is 11.1 Å². The van der Waals surface area contributed by atoms with Crippen LogP contribution >= 0.6 is 0 Å². The van der Waals surface area contributed by atoms with Gasteiger partial charge >= 0.3 is 5.97 Å². The Morgan fingerprint density at radius 1 is 1.14 bits per heavy atom. The van der Waals surface area contributed by atoms with E-state index in [0.717, 1.165) is 10.8 Å². The number of aliphatic hydroxyl groups excluding tert-OH is 2. The van der Waals surface area contributed by atoms with Gasteiger partial charge in [0.2, 0.25) is 0 Å². The molecule has 0 saturated carbocycles. The normalized spacial score (nSPS) is 23.6. The molecule has 0 radical (unpaired) electrons. The first kappa shape index (κ1) is 30.7. The van der Waals surface area contributed by atoms with Gasteiger partial charge in [-0.25, -0.2) is 0 Å². The summed E-state index contributed by atoms with van der Waals surface area (Å²) in [6.07, 6.45) is 1.14. The molecular formula is C31H35NO10. The number of fused-ring (bicyclic) bond motifs is 3. The number of nitrogens with zero attached hydrogens (tertiary/aromatic N) is 1. The van der Waals surface area contributed by atoms with Crippen molar-refractivity contribution in [1.29, 1.82) is 0 Å². The fraction of sp³-hybridized carbons (Fsp3) is 0.419. The third-order valence-corrected chi connectivity index (χ3v) is 7.59. The average molecular weight is 582 g/mol. The Kier molecular flexibility index (Phi) is 9.33. The Morgan fingerprint density at radius 3 is 2.48 bits per heavy atom. The van der Waals surface area contributed by atoms with Crippen LogP contribution in [0.2, 0.25) is 0 Å². The van der Waals surface area contributed by atoms with Crippen LogP contribution in [0.5, 0.6) is 11.5 Å². The molecule has 11 heteroatoms. The lowest BCUT2D eigenvalue weighted by Gasteiger charge is -2.24. The molecule has 3 heterocycles. The summed E-state index contributed by atoms with van der Waals surface area (Å²) in [6.45, 7) is 5.19. The summed E-state index contributed by atoms with van der Waals surface area (Å²) in [5.74, 6) is -4.10. The third kappa shape index (κ3) is 6.17. The van der Waals surface area contributed by atoms with Crippen molar-refractivity contribution in [3.05, 3.63) is 69.7 Å². The maximum atomic E-state index is 13.7. The van der Waals surface area contributed by atoms with E-state index in [4.69, 9.17) is 9.57 Å². The topological polar surface area (TPSA) is 173 Å². The second-order valence-corrected chi connectivity index (χ2v) is 10.7. The highest BCUT2D eigenvalue weighted by Crippen LogP contribution is 2.43. The molecule has 11 nitrogen and oxygen atoms in total. The Hall–Kier alpha value is -4.22. The van der Waals surface area contributed by atoms with Crippen molar-refractivity contribution in [2.45, 2.75) is 70.7 Å². The molecule has 0 unspecified atom stereocenters. The number of ether oxygens (including phenoxy) is 1. The van der Waals surface area contributed by atoms with Gasteiger partial charge in [-0.05, 0) is 50.5 Å². The molecule has 1 aromatic carbocycles. The number of Topliss-reactive ketones (excluding diaryl/α,β-unsaturated/α-hetero) is 1. The number of rotatable bonds is 7. The molecule has 4 N–H and O–H groups in total. The number of cyclic esters (lactones) is 1. The Bertz CT molecular complexity index is 1480. The van der Waals surface area contributed by atoms with Crippen LogP contribution in [-0.2, 0) is 14.3 Å². The zero-order valence-corrected chi connectivity index (χ0v) is 23.6. The zero-order chi connectivity index (χ0) is 30.7. The molecule has 0 spiro atoms. The van der Waals surface area contributed by atoms with Crippen molar-refractivity contribution < 1.29 is 44.4 Å². The number of carbonyl (C=O) groups is 3. The number of ketones is 2.